The predicted octanol–water partition coefficient (Wildman–Crippen LogP) is 2.19. The molecule has 138 valence electrons. The largest absolute Gasteiger partial charge is 0.381 e. The van der Waals surface area contributed by atoms with Crippen LogP contribution in [0.15, 0.2) is 24.3 Å². The average molecular weight is 345 g/mol. The molecule has 5 nitrogen and oxygen atoms in total. The van der Waals surface area contributed by atoms with E-state index >= 15 is 0 Å². The van der Waals surface area contributed by atoms with Crippen LogP contribution in [-0.4, -0.2) is 42.6 Å². The summed E-state index contributed by atoms with van der Waals surface area (Å²) < 4.78 is 5.31. The highest BCUT2D eigenvalue weighted by Crippen LogP contribution is 2.18. The normalized spacial score (nSPS) is 21.5. The molecular formula is C20H31N3O2. The molecule has 1 aromatic carbocycles. The van der Waals surface area contributed by atoms with E-state index in [9.17, 15) is 4.79 Å². The summed E-state index contributed by atoms with van der Waals surface area (Å²) in [5, 5.41) is 3.02. The lowest BCUT2D eigenvalue weighted by Gasteiger charge is -2.31. The van der Waals surface area contributed by atoms with Crippen molar-refractivity contribution in [3.05, 3.63) is 35.4 Å². The number of hydrogen-bond donors (Lipinski definition) is 2. The van der Waals surface area contributed by atoms with Crippen molar-refractivity contribution in [3.8, 4) is 0 Å². The number of rotatable bonds is 5. The SMILES string of the molecule is NC1(C(=O)NCc2cccc(CN3CCCCCC3)c2)CCOCC1. The van der Waals surface area contributed by atoms with Gasteiger partial charge < -0.3 is 15.8 Å². The Balaban J connectivity index is 1.53. The lowest BCUT2D eigenvalue weighted by Crippen LogP contribution is -2.56. The van der Waals surface area contributed by atoms with Crippen LogP contribution in [0.2, 0.25) is 0 Å². The molecule has 2 aliphatic rings. The minimum atomic E-state index is -0.776. The van der Waals surface area contributed by atoms with E-state index in [1.165, 1.54) is 44.3 Å². The highest BCUT2D eigenvalue weighted by atomic mass is 16.5. The van der Waals surface area contributed by atoms with Crippen molar-refractivity contribution in [2.45, 2.75) is 57.2 Å². The van der Waals surface area contributed by atoms with Crippen LogP contribution in [0.1, 0.15) is 49.7 Å². The third-order valence-electron chi connectivity index (χ3n) is 5.39. The molecule has 1 aromatic rings. The lowest BCUT2D eigenvalue weighted by atomic mass is 9.90. The van der Waals surface area contributed by atoms with Crippen LogP contribution in [0, 0.1) is 0 Å². The fraction of sp³-hybridized carbons (Fsp3) is 0.650. The van der Waals surface area contributed by atoms with Gasteiger partial charge in [-0.3, -0.25) is 9.69 Å². The van der Waals surface area contributed by atoms with Crippen molar-refractivity contribution in [1.29, 1.82) is 0 Å². The van der Waals surface area contributed by atoms with E-state index in [1.807, 2.05) is 0 Å². The molecule has 3 N–H and O–H groups in total. The van der Waals surface area contributed by atoms with Gasteiger partial charge >= 0.3 is 0 Å². The highest BCUT2D eigenvalue weighted by Gasteiger charge is 2.35. The Morgan fingerprint density at radius 3 is 2.52 bits per heavy atom. The molecule has 0 aromatic heterocycles. The molecule has 0 radical (unpaired) electrons. The zero-order valence-electron chi connectivity index (χ0n) is 15.1. The zero-order valence-corrected chi connectivity index (χ0v) is 15.1. The minimum Gasteiger partial charge on any atom is -0.381 e. The van der Waals surface area contributed by atoms with Crippen LogP contribution in [0.3, 0.4) is 0 Å². The van der Waals surface area contributed by atoms with E-state index in [0.29, 0.717) is 32.6 Å². The van der Waals surface area contributed by atoms with E-state index in [2.05, 4.69) is 34.5 Å². The maximum atomic E-state index is 12.4. The Kier molecular flexibility index (Phi) is 6.45. The van der Waals surface area contributed by atoms with Crippen molar-refractivity contribution >= 4 is 5.91 Å². The monoisotopic (exact) mass is 345 g/mol. The quantitative estimate of drug-likeness (QED) is 0.858. The van der Waals surface area contributed by atoms with Crippen LogP contribution in [0.4, 0.5) is 0 Å². The van der Waals surface area contributed by atoms with E-state index in [4.69, 9.17) is 10.5 Å². The van der Waals surface area contributed by atoms with Crippen LogP contribution >= 0.6 is 0 Å². The molecule has 0 saturated carbocycles. The summed E-state index contributed by atoms with van der Waals surface area (Å²) in [6.45, 7) is 5.05. The number of hydrogen-bond acceptors (Lipinski definition) is 4. The van der Waals surface area contributed by atoms with E-state index in [1.54, 1.807) is 0 Å². The van der Waals surface area contributed by atoms with Crippen molar-refractivity contribution in [2.75, 3.05) is 26.3 Å². The molecule has 2 fully saturated rings. The molecule has 1 amide bonds. The number of amides is 1. The number of nitrogens with zero attached hydrogens (tertiary/aromatic N) is 1. The second-order valence-electron chi connectivity index (χ2n) is 7.46. The van der Waals surface area contributed by atoms with Crippen molar-refractivity contribution < 1.29 is 9.53 Å². The maximum Gasteiger partial charge on any atom is 0.240 e. The van der Waals surface area contributed by atoms with Gasteiger partial charge in [0.2, 0.25) is 5.91 Å². The Morgan fingerprint density at radius 1 is 1.12 bits per heavy atom. The molecule has 0 spiro atoms. The smallest absolute Gasteiger partial charge is 0.240 e. The lowest BCUT2D eigenvalue weighted by molar-refractivity contribution is -0.129. The number of nitrogens with two attached hydrogens (primary N) is 1. The van der Waals surface area contributed by atoms with Crippen molar-refractivity contribution in [3.63, 3.8) is 0 Å². The second kappa shape index (κ2) is 8.79. The number of ether oxygens (including phenoxy) is 1. The number of nitrogens with one attached hydrogen (secondary N) is 1. The summed E-state index contributed by atoms with van der Waals surface area (Å²) in [5.74, 6) is -0.0614. The fourth-order valence-electron chi connectivity index (χ4n) is 3.71. The third kappa shape index (κ3) is 5.27. The Morgan fingerprint density at radius 2 is 1.80 bits per heavy atom. The van der Waals surface area contributed by atoms with E-state index < -0.39 is 5.54 Å². The summed E-state index contributed by atoms with van der Waals surface area (Å²) in [4.78, 5) is 15.0. The number of carbonyl (C=O) groups excluding carboxylic acids is 1. The first kappa shape index (κ1) is 18.4. The number of likely N-dealkylation sites (tertiary alicyclic amines) is 1. The van der Waals surface area contributed by atoms with Gasteiger partial charge in [-0.25, -0.2) is 0 Å². The van der Waals surface area contributed by atoms with Gasteiger partial charge in [-0.1, -0.05) is 37.1 Å². The summed E-state index contributed by atoms with van der Waals surface area (Å²) in [5.41, 5.74) is 7.92. The molecule has 5 heteroatoms. The van der Waals surface area contributed by atoms with Crippen LogP contribution in [-0.2, 0) is 22.6 Å². The molecule has 3 rings (SSSR count). The van der Waals surface area contributed by atoms with Gasteiger partial charge in [-0.2, -0.15) is 0 Å². The molecule has 0 unspecified atom stereocenters. The molecule has 0 atom stereocenters. The number of benzene rings is 1. The van der Waals surface area contributed by atoms with Gasteiger partial charge in [0.25, 0.3) is 0 Å². The summed E-state index contributed by atoms with van der Waals surface area (Å²) in [7, 11) is 0. The Bertz CT molecular complexity index is 562. The maximum absolute atomic E-state index is 12.4. The molecular weight excluding hydrogens is 314 g/mol. The third-order valence-corrected chi connectivity index (χ3v) is 5.39. The molecule has 0 aliphatic carbocycles. The first-order chi connectivity index (χ1) is 12.2. The van der Waals surface area contributed by atoms with Crippen LogP contribution in [0.25, 0.3) is 0 Å². The first-order valence-corrected chi connectivity index (χ1v) is 9.61. The molecule has 0 bridgehead atoms. The fourth-order valence-corrected chi connectivity index (χ4v) is 3.71. The predicted molar refractivity (Wildman–Crippen MR) is 99.0 cm³/mol. The average Bonchev–Trinajstić information content (AvgIpc) is 2.89. The standard InChI is InChI=1S/C20H31N3O2/c21-20(8-12-25-13-9-20)19(24)22-15-17-6-5-7-18(14-17)16-23-10-3-1-2-4-11-23/h5-7,14H,1-4,8-13,15-16,21H2,(H,22,24). The summed E-state index contributed by atoms with van der Waals surface area (Å²) in [6.07, 6.45) is 6.50. The first-order valence-electron chi connectivity index (χ1n) is 9.61. The van der Waals surface area contributed by atoms with Crippen LogP contribution in [0.5, 0.6) is 0 Å². The summed E-state index contributed by atoms with van der Waals surface area (Å²) in [6, 6.07) is 8.54. The van der Waals surface area contributed by atoms with Crippen molar-refractivity contribution in [1.82, 2.24) is 10.2 Å². The second-order valence-corrected chi connectivity index (χ2v) is 7.46. The Hall–Kier alpha value is -1.43. The molecule has 2 heterocycles. The zero-order chi connectivity index (χ0) is 17.5. The molecule has 2 aliphatic heterocycles. The molecule has 2 saturated heterocycles. The van der Waals surface area contributed by atoms with Gasteiger partial charge in [0, 0.05) is 26.3 Å². The Labute approximate surface area is 150 Å². The van der Waals surface area contributed by atoms with Gasteiger partial charge in [0.1, 0.15) is 0 Å². The van der Waals surface area contributed by atoms with Crippen molar-refractivity contribution in [2.24, 2.45) is 5.73 Å². The molecule has 25 heavy (non-hydrogen) atoms. The number of carbonyl (C=O) groups is 1. The van der Waals surface area contributed by atoms with E-state index in [0.717, 1.165) is 12.1 Å². The van der Waals surface area contributed by atoms with Gasteiger partial charge in [0.15, 0.2) is 0 Å². The van der Waals surface area contributed by atoms with Crippen LogP contribution < -0.4 is 11.1 Å². The van der Waals surface area contributed by atoms with E-state index in [-0.39, 0.29) is 5.91 Å². The van der Waals surface area contributed by atoms with Gasteiger partial charge in [-0.05, 0) is 49.9 Å². The van der Waals surface area contributed by atoms with Gasteiger partial charge in [-0.15, -0.1) is 0 Å². The van der Waals surface area contributed by atoms with Gasteiger partial charge in [0.05, 0.1) is 5.54 Å². The summed E-state index contributed by atoms with van der Waals surface area (Å²) >= 11 is 0. The topological polar surface area (TPSA) is 67.6 Å². The highest BCUT2D eigenvalue weighted by molar-refractivity contribution is 5.86. The minimum absolute atomic E-state index is 0.0614.